The van der Waals surface area contributed by atoms with E-state index in [-0.39, 0.29) is 11.0 Å². The maximum Gasteiger partial charge on any atom is 0.416 e. The van der Waals surface area contributed by atoms with Gasteiger partial charge in [-0.05, 0) is 18.2 Å². The number of nitrogens with one attached hydrogen (secondary N) is 1. The molecule has 0 radical (unpaired) electrons. The molecule has 0 amide bonds. The summed E-state index contributed by atoms with van der Waals surface area (Å²) in [6.45, 7) is -1.05. The van der Waals surface area contributed by atoms with Crippen molar-refractivity contribution in [3.8, 4) is 0 Å². The molecule has 2 aromatic rings. The first-order chi connectivity index (χ1) is 10.1. The normalized spacial score (nSPS) is 16.0. The van der Waals surface area contributed by atoms with Crippen LogP contribution in [0.2, 0.25) is 0 Å². The standard InChI is InChI=1S/C12H13F3N2O5/c13-12(14,15)5-1-2-6-7(3-5)17-10(16-6)9(20)11(21,22)8(19)4-18/h1-3,8-9,18-22H,4H2,(H,16,17)/t8-,9?/m1/s1. The Morgan fingerprint density at radius 3 is 2.36 bits per heavy atom. The second-order valence-electron chi connectivity index (χ2n) is 4.74. The maximum absolute atomic E-state index is 12.6. The molecule has 1 aromatic heterocycles. The Labute approximate surface area is 121 Å². The molecule has 122 valence electrons. The molecule has 0 spiro atoms. The number of H-pyrrole nitrogens is 1. The zero-order chi connectivity index (χ0) is 16.7. The minimum atomic E-state index is -4.57. The van der Waals surface area contributed by atoms with E-state index in [0.717, 1.165) is 18.2 Å². The molecule has 0 saturated heterocycles. The fraction of sp³-hybridized carbons (Fsp3) is 0.417. The Bertz CT molecular complexity index is 670. The lowest BCUT2D eigenvalue weighted by molar-refractivity contribution is -0.284. The highest BCUT2D eigenvalue weighted by Crippen LogP contribution is 2.32. The van der Waals surface area contributed by atoms with E-state index < -0.39 is 42.2 Å². The van der Waals surface area contributed by atoms with Crippen LogP contribution in [0.5, 0.6) is 0 Å². The number of aromatic nitrogens is 2. The highest BCUT2D eigenvalue weighted by Gasteiger charge is 2.43. The van der Waals surface area contributed by atoms with E-state index >= 15 is 0 Å². The number of hydrogen-bond acceptors (Lipinski definition) is 6. The van der Waals surface area contributed by atoms with Crippen molar-refractivity contribution < 1.29 is 38.7 Å². The van der Waals surface area contributed by atoms with Crippen molar-refractivity contribution in [2.75, 3.05) is 6.61 Å². The molecule has 22 heavy (non-hydrogen) atoms. The second kappa shape index (κ2) is 5.48. The van der Waals surface area contributed by atoms with Crippen molar-refractivity contribution in [3.05, 3.63) is 29.6 Å². The summed E-state index contributed by atoms with van der Waals surface area (Å²) in [7, 11) is 0. The van der Waals surface area contributed by atoms with Gasteiger partial charge in [-0.1, -0.05) is 0 Å². The van der Waals surface area contributed by atoms with Gasteiger partial charge in [-0.25, -0.2) is 4.98 Å². The maximum atomic E-state index is 12.6. The van der Waals surface area contributed by atoms with Crippen LogP contribution in [-0.4, -0.2) is 54.0 Å². The molecular formula is C12H13F3N2O5. The molecule has 0 aliphatic carbocycles. The highest BCUT2D eigenvalue weighted by molar-refractivity contribution is 5.76. The SMILES string of the molecule is OC[C@@H](O)C(O)(O)C(O)c1nc2cc(C(F)(F)F)ccc2[nH]1. The predicted octanol–water partition coefficient (Wildman–Crippen LogP) is -0.351. The molecular weight excluding hydrogens is 309 g/mol. The molecule has 0 saturated carbocycles. The number of rotatable bonds is 4. The predicted molar refractivity (Wildman–Crippen MR) is 66.3 cm³/mol. The van der Waals surface area contributed by atoms with Gasteiger partial charge in [0.15, 0.2) is 6.10 Å². The Kier molecular flexibility index (Phi) is 4.15. The third-order valence-electron chi connectivity index (χ3n) is 3.15. The second-order valence-corrected chi connectivity index (χ2v) is 4.74. The third kappa shape index (κ3) is 2.91. The summed E-state index contributed by atoms with van der Waals surface area (Å²) >= 11 is 0. The van der Waals surface area contributed by atoms with Gasteiger partial charge in [-0.15, -0.1) is 0 Å². The average Bonchev–Trinajstić information content (AvgIpc) is 2.87. The summed E-state index contributed by atoms with van der Waals surface area (Å²) in [5, 5.41) is 46.9. The molecule has 7 nitrogen and oxygen atoms in total. The van der Waals surface area contributed by atoms with Crippen molar-refractivity contribution in [2.24, 2.45) is 0 Å². The molecule has 0 aliphatic rings. The summed E-state index contributed by atoms with van der Waals surface area (Å²) in [4.78, 5) is 6.07. The molecule has 1 aromatic carbocycles. The smallest absolute Gasteiger partial charge is 0.393 e. The van der Waals surface area contributed by atoms with E-state index in [1.807, 2.05) is 0 Å². The fourth-order valence-electron chi connectivity index (χ4n) is 1.85. The van der Waals surface area contributed by atoms with Gasteiger partial charge >= 0.3 is 6.18 Å². The monoisotopic (exact) mass is 322 g/mol. The Balaban J connectivity index is 2.41. The van der Waals surface area contributed by atoms with Crippen LogP contribution in [0, 0.1) is 0 Å². The van der Waals surface area contributed by atoms with E-state index in [1.54, 1.807) is 0 Å². The molecule has 0 bridgehead atoms. The summed E-state index contributed by atoms with van der Waals surface area (Å²) in [6.07, 6.45) is -8.84. The fourth-order valence-corrected chi connectivity index (χ4v) is 1.85. The van der Waals surface area contributed by atoms with Crippen LogP contribution >= 0.6 is 0 Å². The van der Waals surface area contributed by atoms with E-state index in [4.69, 9.17) is 5.11 Å². The van der Waals surface area contributed by atoms with E-state index in [0.29, 0.717) is 0 Å². The van der Waals surface area contributed by atoms with Crippen molar-refractivity contribution in [1.82, 2.24) is 9.97 Å². The van der Waals surface area contributed by atoms with Crippen LogP contribution in [0.4, 0.5) is 13.2 Å². The van der Waals surface area contributed by atoms with Crippen LogP contribution in [0.25, 0.3) is 11.0 Å². The molecule has 1 heterocycles. The van der Waals surface area contributed by atoms with Crippen LogP contribution in [0.15, 0.2) is 18.2 Å². The third-order valence-corrected chi connectivity index (χ3v) is 3.15. The Morgan fingerprint density at radius 2 is 1.82 bits per heavy atom. The number of hydrogen-bond donors (Lipinski definition) is 6. The quantitative estimate of drug-likeness (QED) is 0.427. The van der Waals surface area contributed by atoms with E-state index in [2.05, 4.69) is 9.97 Å². The van der Waals surface area contributed by atoms with Crippen molar-refractivity contribution >= 4 is 11.0 Å². The first kappa shape index (κ1) is 16.6. The molecule has 1 unspecified atom stereocenters. The zero-order valence-corrected chi connectivity index (χ0v) is 10.9. The number of nitrogens with zero attached hydrogens (tertiary/aromatic N) is 1. The number of aromatic amines is 1. The average molecular weight is 322 g/mol. The molecule has 0 fully saturated rings. The lowest BCUT2D eigenvalue weighted by Gasteiger charge is -2.29. The zero-order valence-electron chi connectivity index (χ0n) is 10.9. The van der Waals surface area contributed by atoms with Gasteiger partial charge in [0.05, 0.1) is 23.2 Å². The van der Waals surface area contributed by atoms with Gasteiger partial charge < -0.3 is 30.5 Å². The van der Waals surface area contributed by atoms with Crippen molar-refractivity contribution in [2.45, 2.75) is 24.2 Å². The van der Waals surface area contributed by atoms with Gasteiger partial charge in [-0.3, -0.25) is 0 Å². The summed E-state index contributed by atoms with van der Waals surface area (Å²) in [6, 6.07) is 2.59. The molecule has 2 atom stereocenters. The molecule has 6 N–H and O–H groups in total. The number of halogens is 3. The van der Waals surface area contributed by atoms with Crippen molar-refractivity contribution in [3.63, 3.8) is 0 Å². The van der Waals surface area contributed by atoms with Gasteiger partial charge in [0, 0.05) is 0 Å². The minimum absolute atomic E-state index is 0.122. The van der Waals surface area contributed by atoms with E-state index in [9.17, 15) is 33.6 Å². The van der Waals surface area contributed by atoms with Crippen molar-refractivity contribution in [1.29, 1.82) is 0 Å². The van der Waals surface area contributed by atoms with Crippen LogP contribution in [0.1, 0.15) is 17.5 Å². The van der Waals surface area contributed by atoms with Crippen LogP contribution in [0.3, 0.4) is 0 Å². The Morgan fingerprint density at radius 1 is 1.18 bits per heavy atom. The van der Waals surface area contributed by atoms with Gasteiger partial charge in [-0.2, -0.15) is 13.2 Å². The number of benzene rings is 1. The molecule has 2 rings (SSSR count). The minimum Gasteiger partial charge on any atom is -0.393 e. The van der Waals surface area contributed by atoms with E-state index in [1.165, 1.54) is 0 Å². The summed E-state index contributed by atoms with van der Waals surface area (Å²) in [5.41, 5.74) is -0.989. The largest absolute Gasteiger partial charge is 0.416 e. The lowest BCUT2D eigenvalue weighted by atomic mass is 10.0. The number of aliphatic hydroxyl groups excluding tert-OH is 3. The number of imidazole rings is 1. The van der Waals surface area contributed by atoms with Gasteiger partial charge in [0.1, 0.15) is 11.9 Å². The summed E-state index contributed by atoms with van der Waals surface area (Å²) in [5.74, 6) is -3.60. The summed E-state index contributed by atoms with van der Waals surface area (Å²) < 4.78 is 37.8. The highest BCUT2D eigenvalue weighted by atomic mass is 19.4. The lowest BCUT2D eigenvalue weighted by Crippen LogP contribution is -2.49. The number of alkyl halides is 3. The first-order valence-electron chi connectivity index (χ1n) is 6.06. The topological polar surface area (TPSA) is 130 Å². The number of aliphatic hydroxyl groups is 5. The Hall–Kier alpha value is -1.72. The molecule has 10 heteroatoms. The number of fused-ring (bicyclic) bond motifs is 1. The van der Waals surface area contributed by atoms with Gasteiger partial charge in [0.2, 0.25) is 5.79 Å². The van der Waals surface area contributed by atoms with Crippen LogP contribution < -0.4 is 0 Å². The first-order valence-corrected chi connectivity index (χ1v) is 6.06. The van der Waals surface area contributed by atoms with Gasteiger partial charge in [0.25, 0.3) is 0 Å². The molecule has 0 aliphatic heterocycles. The van der Waals surface area contributed by atoms with Crippen LogP contribution in [-0.2, 0) is 6.18 Å².